The predicted octanol–water partition coefficient (Wildman–Crippen LogP) is 4.03. The van der Waals surface area contributed by atoms with Crippen molar-refractivity contribution in [2.45, 2.75) is 53.6 Å². The Morgan fingerprint density at radius 3 is 2.05 bits per heavy atom. The van der Waals surface area contributed by atoms with Gasteiger partial charge in [0.15, 0.2) is 0 Å². The summed E-state index contributed by atoms with van der Waals surface area (Å²) in [5.41, 5.74) is 0.939. The highest BCUT2D eigenvalue weighted by molar-refractivity contribution is 5.41. The van der Waals surface area contributed by atoms with Gasteiger partial charge in [-0.3, -0.25) is 0 Å². The predicted molar refractivity (Wildman–Crippen MR) is 86.0 cm³/mol. The van der Waals surface area contributed by atoms with Gasteiger partial charge in [0.05, 0.1) is 6.10 Å². The first-order valence-electron chi connectivity index (χ1n) is 7.79. The summed E-state index contributed by atoms with van der Waals surface area (Å²) in [7, 11) is 0. The summed E-state index contributed by atoms with van der Waals surface area (Å²) in [6, 6.07) is 3.91. The Kier molecular flexibility index (Phi) is 7.00. The summed E-state index contributed by atoms with van der Waals surface area (Å²) in [5.74, 6) is 2.37. The van der Waals surface area contributed by atoms with E-state index >= 15 is 0 Å². The number of hydrogen-bond donors (Lipinski definition) is 1. The molecule has 20 heavy (non-hydrogen) atoms. The number of rotatable bonds is 8. The van der Waals surface area contributed by atoms with Crippen molar-refractivity contribution in [2.24, 2.45) is 11.8 Å². The minimum Gasteiger partial charge on any atom is -0.389 e. The number of aromatic nitrogens is 1. The van der Waals surface area contributed by atoms with Gasteiger partial charge in [-0.25, -0.2) is 4.98 Å². The lowest BCUT2D eigenvalue weighted by atomic mass is 10.1. The maximum Gasteiger partial charge on any atom is 0.128 e. The third-order valence-electron chi connectivity index (χ3n) is 3.53. The Labute approximate surface area is 124 Å². The molecule has 1 N–H and O–H groups in total. The molecular formula is C17H30N2O. The highest BCUT2D eigenvalue weighted by atomic mass is 16.3. The Morgan fingerprint density at radius 1 is 1.05 bits per heavy atom. The maximum absolute atomic E-state index is 9.72. The van der Waals surface area contributed by atoms with Gasteiger partial charge in [-0.2, -0.15) is 0 Å². The molecule has 0 unspecified atom stereocenters. The summed E-state index contributed by atoms with van der Waals surface area (Å²) in [6.45, 7) is 12.9. The lowest BCUT2D eigenvalue weighted by Crippen LogP contribution is -2.28. The van der Waals surface area contributed by atoms with Crippen LogP contribution in [0.15, 0.2) is 18.3 Å². The SMILES string of the molecule is CC(C)CCN(CCC(C)C)c1cc([C@@H](C)O)ccn1. The highest BCUT2D eigenvalue weighted by Gasteiger charge is 2.11. The Morgan fingerprint density at radius 2 is 1.60 bits per heavy atom. The van der Waals surface area contributed by atoms with Gasteiger partial charge in [0.1, 0.15) is 5.82 Å². The molecule has 1 aromatic rings. The molecule has 0 radical (unpaired) electrons. The topological polar surface area (TPSA) is 36.4 Å². The van der Waals surface area contributed by atoms with Crippen molar-refractivity contribution in [3.63, 3.8) is 0 Å². The first kappa shape index (κ1) is 17.0. The van der Waals surface area contributed by atoms with E-state index in [9.17, 15) is 5.11 Å². The molecule has 0 spiro atoms. The molecule has 1 rings (SSSR count). The summed E-state index contributed by atoms with van der Waals surface area (Å²) in [6.07, 6.45) is 3.70. The van der Waals surface area contributed by atoms with Crippen molar-refractivity contribution in [1.82, 2.24) is 4.98 Å². The molecule has 3 heteroatoms. The first-order chi connectivity index (χ1) is 9.40. The Bertz CT molecular complexity index is 376. The van der Waals surface area contributed by atoms with Gasteiger partial charge in [0, 0.05) is 19.3 Å². The van der Waals surface area contributed by atoms with E-state index in [-0.39, 0.29) is 0 Å². The molecule has 0 fully saturated rings. The molecule has 3 nitrogen and oxygen atoms in total. The Balaban J connectivity index is 2.81. The molecule has 0 amide bonds. The molecular weight excluding hydrogens is 248 g/mol. The monoisotopic (exact) mass is 278 g/mol. The largest absolute Gasteiger partial charge is 0.389 e. The fourth-order valence-electron chi connectivity index (χ4n) is 2.04. The van der Waals surface area contributed by atoms with Crippen molar-refractivity contribution in [1.29, 1.82) is 0 Å². The van der Waals surface area contributed by atoms with Crippen LogP contribution in [-0.2, 0) is 0 Å². The van der Waals surface area contributed by atoms with Gasteiger partial charge in [0.2, 0.25) is 0 Å². The van der Waals surface area contributed by atoms with Gasteiger partial charge in [-0.15, -0.1) is 0 Å². The summed E-state index contributed by atoms with van der Waals surface area (Å²) in [5, 5.41) is 9.72. The average Bonchev–Trinajstić information content (AvgIpc) is 2.38. The normalized spacial score (nSPS) is 13.0. The van der Waals surface area contributed by atoms with Crippen LogP contribution in [0.25, 0.3) is 0 Å². The molecule has 0 aliphatic rings. The molecule has 1 atom stereocenters. The standard InChI is InChI=1S/C17H30N2O/c1-13(2)7-10-19(11-8-14(3)4)17-12-16(15(5)20)6-9-18-17/h6,9,12-15,20H,7-8,10-11H2,1-5H3/t15-/m1/s1. The van der Waals surface area contributed by atoms with Crippen molar-refractivity contribution in [3.8, 4) is 0 Å². The van der Waals surface area contributed by atoms with Crippen LogP contribution >= 0.6 is 0 Å². The molecule has 1 heterocycles. The Hall–Kier alpha value is -1.09. The van der Waals surface area contributed by atoms with Crippen LogP contribution in [0.5, 0.6) is 0 Å². The quantitative estimate of drug-likeness (QED) is 0.780. The van der Waals surface area contributed by atoms with Crippen LogP contribution in [0.3, 0.4) is 0 Å². The smallest absolute Gasteiger partial charge is 0.128 e. The number of hydrogen-bond acceptors (Lipinski definition) is 3. The van der Waals surface area contributed by atoms with E-state index in [0.29, 0.717) is 11.8 Å². The van der Waals surface area contributed by atoms with E-state index in [1.165, 1.54) is 12.8 Å². The van der Waals surface area contributed by atoms with Crippen LogP contribution in [-0.4, -0.2) is 23.2 Å². The van der Waals surface area contributed by atoms with Gasteiger partial charge >= 0.3 is 0 Å². The summed E-state index contributed by atoms with van der Waals surface area (Å²) >= 11 is 0. The van der Waals surface area contributed by atoms with Gasteiger partial charge in [-0.1, -0.05) is 27.7 Å². The number of nitrogens with zero attached hydrogens (tertiary/aromatic N) is 2. The minimum atomic E-state index is -0.436. The first-order valence-corrected chi connectivity index (χ1v) is 7.79. The van der Waals surface area contributed by atoms with Gasteiger partial charge in [0.25, 0.3) is 0 Å². The van der Waals surface area contributed by atoms with Crippen molar-refractivity contribution < 1.29 is 5.11 Å². The van der Waals surface area contributed by atoms with Crippen molar-refractivity contribution >= 4 is 5.82 Å². The van der Waals surface area contributed by atoms with Crippen LogP contribution in [0, 0.1) is 11.8 Å². The average molecular weight is 278 g/mol. The van der Waals surface area contributed by atoms with Crippen molar-refractivity contribution in [2.75, 3.05) is 18.0 Å². The lowest BCUT2D eigenvalue weighted by Gasteiger charge is -2.26. The second kappa shape index (κ2) is 8.25. The second-order valence-electron chi connectivity index (χ2n) is 6.48. The van der Waals surface area contributed by atoms with Gasteiger partial charge in [-0.05, 0) is 49.3 Å². The molecule has 0 bridgehead atoms. The van der Waals surface area contributed by atoms with E-state index in [1.54, 1.807) is 13.1 Å². The van der Waals surface area contributed by atoms with Crippen LogP contribution in [0.4, 0.5) is 5.82 Å². The molecule has 0 aliphatic carbocycles. The zero-order valence-corrected chi connectivity index (χ0v) is 13.6. The molecule has 0 aromatic carbocycles. The summed E-state index contributed by atoms with van der Waals surface area (Å²) < 4.78 is 0. The number of aliphatic hydroxyl groups is 1. The second-order valence-corrected chi connectivity index (χ2v) is 6.48. The van der Waals surface area contributed by atoms with E-state index in [4.69, 9.17) is 0 Å². The molecule has 0 aliphatic heterocycles. The van der Waals surface area contributed by atoms with Gasteiger partial charge < -0.3 is 10.0 Å². The van der Waals surface area contributed by atoms with Crippen molar-refractivity contribution in [3.05, 3.63) is 23.9 Å². The van der Waals surface area contributed by atoms with Crippen LogP contribution < -0.4 is 4.90 Å². The molecule has 0 saturated heterocycles. The number of anilines is 1. The third-order valence-corrected chi connectivity index (χ3v) is 3.53. The van der Waals surface area contributed by atoms with E-state index in [0.717, 1.165) is 24.5 Å². The fourth-order valence-corrected chi connectivity index (χ4v) is 2.04. The van der Waals surface area contributed by atoms with Crippen LogP contribution in [0.2, 0.25) is 0 Å². The number of pyridine rings is 1. The number of aliphatic hydroxyl groups excluding tert-OH is 1. The fraction of sp³-hybridized carbons (Fsp3) is 0.706. The molecule has 1 aromatic heterocycles. The highest BCUT2D eigenvalue weighted by Crippen LogP contribution is 2.20. The minimum absolute atomic E-state index is 0.436. The zero-order chi connectivity index (χ0) is 15.1. The molecule has 0 saturated carbocycles. The summed E-state index contributed by atoms with van der Waals surface area (Å²) in [4.78, 5) is 6.85. The lowest BCUT2D eigenvalue weighted by molar-refractivity contribution is 0.199. The van der Waals surface area contributed by atoms with E-state index in [2.05, 4.69) is 37.6 Å². The zero-order valence-electron chi connectivity index (χ0n) is 13.6. The van der Waals surface area contributed by atoms with Crippen LogP contribution in [0.1, 0.15) is 59.1 Å². The van der Waals surface area contributed by atoms with E-state index in [1.807, 2.05) is 12.1 Å². The maximum atomic E-state index is 9.72. The van der Waals surface area contributed by atoms with E-state index < -0.39 is 6.10 Å². The molecule has 114 valence electrons. The third kappa shape index (κ3) is 5.91.